The third-order valence-electron chi connectivity index (χ3n) is 3.79. The van der Waals surface area contributed by atoms with Gasteiger partial charge in [0.1, 0.15) is 11.9 Å². The minimum absolute atomic E-state index is 0.0824. The average molecular weight is 305 g/mol. The SMILES string of the molecule is CCOC(=O)Cc1ccccc1OC1CCN(C(C)=O)CC1. The molecule has 1 aromatic carbocycles. The monoisotopic (exact) mass is 305 g/mol. The van der Waals surface area contributed by atoms with E-state index in [0.29, 0.717) is 6.61 Å². The Morgan fingerprint density at radius 2 is 1.91 bits per heavy atom. The van der Waals surface area contributed by atoms with E-state index in [1.54, 1.807) is 13.8 Å². The number of carbonyl (C=O) groups is 2. The Kier molecular flexibility index (Phi) is 5.81. The maximum absolute atomic E-state index is 11.7. The molecule has 22 heavy (non-hydrogen) atoms. The Morgan fingerprint density at radius 3 is 2.55 bits per heavy atom. The molecule has 0 atom stereocenters. The first-order valence-corrected chi connectivity index (χ1v) is 7.75. The van der Waals surface area contributed by atoms with Gasteiger partial charge in [0.05, 0.1) is 13.0 Å². The number of hydrogen-bond donors (Lipinski definition) is 0. The maximum atomic E-state index is 11.7. The normalized spacial score (nSPS) is 15.5. The van der Waals surface area contributed by atoms with Crippen LogP contribution in [-0.2, 0) is 20.7 Å². The van der Waals surface area contributed by atoms with E-state index >= 15 is 0 Å². The number of esters is 1. The van der Waals surface area contributed by atoms with Crippen LogP contribution in [0.2, 0.25) is 0 Å². The smallest absolute Gasteiger partial charge is 0.310 e. The lowest BCUT2D eigenvalue weighted by Gasteiger charge is -2.31. The van der Waals surface area contributed by atoms with Gasteiger partial charge in [-0.25, -0.2) is 0 Å². The van der Waals surface area contributed by atoms with Gasteiger partial charge < -0.3 is 14.4 Å². The number of nitrogens with zero attached hydrogens (tertiary/aromatic N) is 1. The molecule has 0 spiro atoms. The van der Waals surface area contributed by atoms with Crippen LogP contribution in [-0.4, -0.2) is 42.6 Å². The van der Waals surface area contributed by atoms with E-state index in [9.17, 15) is 9.59 Å². The van der Waals surface area contributed by atoms with Crippen LogP contribution >= 0.6 is 0 Å². The molecule has 1 aliphatic rings. The summed E-state index contributed by atoms with van der Waals surface area (Å²) in [5, 5.41) is 0. The van der Waals surface area contributed by atoms with Crippen molar-refractivity contribution in [3.05, 3.63) is 29.8 Å². The molecule has 1 aromatic rings. The fraction of sp³-hybridized carbons (Fsp3) is 0.529. The highest BCUT2D eigenvalue weighted by atomic mass is 16.5. The lowest BCUT2D eigenvalue weighted by Crippen LogP contribution is -2.40. The molecule has 0 unspecified atom stereocenters. The molecule has 1 aliphatic heterocycles. The molecule has 1 heterocycles. The second-order valence-electron chi connectivity index (χ2n) is 5.41. The second-order valence-corrected chi connectivity index (χ2v) is 5.41. The van der Waals surface area contributed by atoms with Crippen LogP contribution in [0.25, 0.3) is 0 Å². The van der Waals surface area contributed by atoms with Crippen molar-refractivity contribution >= 4 is 11.9 Å². The summed E-state index contributed by atoms with van der Waals surface area (Å²) in [5.74, 6) is 0.600. The number of likely N-dealkylation sites (tertiary alicyclic amines) is 1. The molecular weight excluding hydrogens is 282 g/mol. The number of ether oxygens (including phenoxy) is 2. The van der Waals surface area contributed by atoms with Crippen LogP contribution in [0.4, 0.5) is 0 Å². The molecule has 0 N–H and O–H groups in total. The summed E-state index contributed by atoms with van der Waals surface area (Å²) in [4.78, 5) is 24.8. The second kappa shape index (κ2) is 7.82. The van der Waals surface area contributed by atoms with Crippen LogP contribution in [0.5, 0.6) is 5.75 Å². The molecule has 0 saturated carbocycles. The van der Waals surface area contributed by atoms with Crippen molar-refractivity contribution in [2.45, 2.75) is 39.2 Å². The summed E-state index contributed by atoms with van der Waals surface area (Å²) >= 11 is 0. The van der Waals surface area contributed by atoms with Gasteiger partial charge in [0, 0.05) is 38.4 Å². The standard InChI is InChI=1S/C17H23NO4/c1-3-21-17(20)12-14-6-4-5-7-16(14)22-15-8-10-18(11-9-15)13(2)19/h4-7,15H,3,8-12H2,1-2H3. The molecule has 0 aromatic heterocycles. The number of amides is 1. The summed E-state index contributed by atoms with van der Waals surface area (Å²) in [6.07, 6.45) is 1.93. The topological polar surface area (TPSA) is 55.8 Å². The predicted molar refractivity (Wildman–Crippen MR) is 82.7 cm³/mol. The van der Waals surface area contributed by atoms with Crippen molar-refractivity contribution < 1.29 is 19.1 Å². The molecule has 1 fully saturated rings. The fourth-order valence-electron chi connectivity index (χ4n) is 2.60. The summed E-state index contributed by atoms with van der Waals surface area (Å²) < 4.78 is 11.0. The lowest BCUT2D eigenvalue weighted by molar-refractivity contribution is -0.142. The zero-order chi connectivity index (χ0) is 15.9. The molecule has 1 saturated heterocycles. The van der Waals surface area contributed by atoms with Crippen LogP contribution in [0.1, 0.15) is 32.3 Å². The largest absolute Gasteiger partial charge is 0.490 e. The number of benzene rings is 1. The Bertz CT molecular complexity index is 521. The Hall–Kier alpha value is -2.04. The lowest BCUT2D eigenvalue weighted by atomic mass is 10.1. The molecule has 2 rings (SSSR count). The van der Waals surface area contributed by atoms with Crippen molar-refractivity contribution in [3.8, 4) is 5.75 Å². The van der Waals surface area contributed by atoms with Crippen molar-refractivity contribution in [3.63, 3.8) is 0 Å². The van der Waals surface area contributed by atoms with Crippen molar-refractivity contribution in [1.82, 2.24) is 4.90 Å². The van der Waals surface area contributed by atoms with Gasteiger partial charge in [0.2, 0.25) is 5.91 Å². The van der Waals surface area contributed by atoms with Gasteiger partial charge in [-0.3, -0.25) is 9.59 Å². The van der Waals surface area contributed by atoms with Gasteiger partial charge in [-0.2, -0.15) is 0 Å². The van der Waals surface area contributed by atoms with E-state index in [2.05, 4.69) is 0 Å². The quantitative estimate of drug-likeness (QED) is 0.782. The van der Waals surface area contributed by atoms with E-state index in [-0.39, 0.29) is 24.4 Å². The summed E-state index contributed by atoms with van der Waals surface area (Å²) in [7, 11) is 0. The van der Waals surface area contributed by atoms with Crippen LogP contribution < -0.4 is 4.74 Å². The van der Waals surface area contributed by atoms with Gasteiger partial charge in [0.15, 0.2) is 0 Å². The van der Waals surface area contributed by atoms with Crippen LogP contribution in [0.15, 0.2) is 24.3 Å². The van der Waals surface area contributed by atoms with Crippen molar-refractivity contribution in [2.24, 2.45) is 0 Å². The number of para-hydroxylation sites is 1. The number of hydrogen-bond acceptors (Lipinski definition) is 4. The van der Waals surface area contributed by atoms with E-state index in [4.69, 9.17) is 9.47 Å². The van der Waals surface area contributed by atoms with E-state index < -0.39 is 0 Å². The average Bonchev–Trinajstić information content (AvgIpc) is 2.50. The Morgan fingerprint density at radius 1 is 1.23 bits per heavy atom. The number of carbonyl (C=O) groups excluding carboxylic acids is 2. The van der Waals surface area contributed by atoms with Gasteiger partial charge in [-0.15, -0.1) is 0 Å². The first kappa shape index (κ1) is 16.3. The predicted octanol–water partition coefficient (Wildman–Crippen LogP) is 2.18. The van der Waals surface area contributed by atoms with E-state index in [1.165, 1.54) is 0 Å². The van der Waals surface area contributed by atoms with Crippen LogP contribution in [0, 0.1) is 0 Å². The zero-order valence-electron chi connectivity index (χ0n) is 13.2. The van der Waals surface area contributed by atoms with Gasteiger partial charge in [-0.1, -0.05) is 18.2 Å². The minimum Gasteiger partial charge on any atom is -0.490 e. The molecule has 0 radical (unpaired) electrons. The molecule has 0 aliphatic carbocycles. The molecule has 5 heteroatoms. The summed E-state index contributed by atoms with van der Waals surface area (Å²) in [6.45, 7) is 5.21. The number of rotatable bonds is 5. The zero-order valence-corrected chi connectivity index (χ0v) is 13.2. The van der Waals surface area contributed by atoms with Crippen molar-refractivity contribution in [2.75, 3.05) is 19.7 Å². The third-order valence-corrected chi connectivity index (χ3v) is 3.79. The Balaban J connectivity index is 1.95. The highest BCUT2D eigenvalue weighted by molar-refractivity contribution is 5.74. The highest BCUT2D eigenvalue weighted by Gasteiger charge is 2.22. The Labute approximate surface area is 131 Å². The van der Waals surface area contributed by atoms with Crippen molar-refractivity contribution in [1.29, 1.82) is 0 Å². The summed E-state index contributed by atoms with van der Waals surface area (Å²) in [6, 6.07) is 7.55. The minimum atomic E-state index is -0.245. The van der Waals surface area contributed by atoms with Gasteiger partial charge in [-0.05, 0) is 13.0 Å². The first-order valence-electron chi connectivity index (χ1n) is 7.75. The molecule has 0 bridgehead atoms. The van der Waals surface area contributed by atoms with Crippen LogP contribution in [0.3, 0.4) is 0 Å². The maximum Gasteiger partial charge on any atom is 0.310 e. The van der Waals surface area contributed by atoms with E-state index in [1.807, 2.05) is 29.2 Å². The van der Waals surface area contributed by atoms with Gasteiger partial charge >= 0.3 is 5.97 Å². The first-order chi connectivity index (χ1) is 10.6. The highest BCUT2D eigenvalue weighted by Crippen LogP contribution is 2.24. The number of piperidine rings is 1. The molecule has 120 valence electrons. The molecule has 1 amide bonds. The van der Waals surface area contributed by atoms with E-state index in [0.717, 1.165) is 37.2 Å². The van der Waals surface area contributed by atoms with Gasteiger partial charge in [0.25, 0.3) is 0 Å². The molecular formula is C17H23NO4. The summed E-state index contributed by atoms with van der Waals surface area (Å²) in [5.41, 5.74) is 0.843. The third kappa shape index (κ3) is 4.48. The molecule has 5 nitrogen and oxygen atoms in total. The fourth-order valence-corrected chi connectivity index (χ4v) is 2.60.